The van der Waals surface area contributed by atoms with Crippen molar-refractivity contribution in [1.29, 1.82) is 0 Å². The van der Waals surface area contributed by atoms with Gasteiger partial charge in [0, 0.05) is 32.2 Å². The van der Waals surface area contributed by atoms with Gasteiger partial charge >= 0.3 is 0 Å². The van der Waals surface area contributed by atoms with Crippen LogP contribution in [0.1, 0.15) is 46.5 Å². The largest absolute Gasteiger partial charge is 0.352 e. The molecule has 0 aromatic heterocycles. The minimum absolute atomic E-state index is 0.0327. The van der Waals surface area contributed by atoms with Gasteiger partial charge in [0.05, 0.1) is 12.6 Å². The van der Waals surface area contributed by atoms with Gasteiger partial charge in [0.1, 0.15) is 0 Å². The number of nitrogens with one attached hydrogen (secondary N) is 1. The summed E-state index contributed by atoms with van der Waals surface area (Å²) in [6.07, 6.45) is 4.69. The Balaban J connectivity index is 1.70. The molecule has 1 aliphatic heterocycles. The Kier molecular flexibility index (Phi) is 7.04. The van der Waals surface area contributed by atoms with Crippen LogP contribution in [0, 0.1) is 11.8 Å². The lowest BCUT2D eigenvalue weighted by Crippen LogP contribution is -2.55. The Labute approximate surface area is 146 Å². The molecule has 1 heterocycles. The van der Waals surface area contributed by atoms with Crippen LogP contribution in [-0.4, -0.2) is 66.4 Å². The molecule has 0 aromatic rings. The summed E-state index contributed by atoms with van der Waals surface area (Å²) >= 11 is 0. The molecule has 1 saturated heterocycles. The number of hydrogen-bond acceptors (Lipinski definition) is 4. The molecule has 0 radical (unpaired) electrons. The lowest BCUT2D eigenvalue weighted by atomic mass is 9.87. The van der Waals surface area contributed by atoms with Gasteiger partial charge in [-0.25, -0.2) is 0 Å². The summed E-state index contributed by atoms with van der Waals surface area (Å²) in [6.45, 7) is 9.43. The molecule has 3 atom stereocenters. The van der Waals surface area contributed by atoms with E-state index in [-0.39, 0.29) is 17.7 Å². The first-order chi connectivity index (χ1) is 11.4. The van der Waals surface area contributed by atoms with Crippen LogP contribution in [0.5, 0.6) is 0 Å². The van der Waals surface area contributed by atoms with Gasteiger partial charge in [-0.1, -0.05) is 33.6 Å². The van der Waals surface area contributed by atoms with Gasteiger partial charge in [-0.2, -0.15) is 0 Å². The van der Waals surface area contributed by atoms with Crippen molar-refractivity contribution in [3.8, 4) is 0 Å². The van der Waals surface area contributed by atoms with Crippen molar-refractivity contribution in [2.75, 3.05) is 32.7 Å². The third kappa shape index (κ3) is 5.45. The van der Waals surface area contributed by atoms with Crippen molar-refractivity contribution >= 4 is 11.8 Å². The molecule has 2 rings (SSSR count). The first kappa shape index (κ1) is 19.2. The molecule has 6 nitrogen and oxygen atoms in total. The van der Waals surface area contributed by atoms with Crippen LogP contribution in [-0.2, 0) is 9.59 Å². The minimum Gasteiger partial charge on any atom is -0.352 e. The van der Waals surface area contributed by atoms with E-state index in [1.165, 1.54) is 12.8 Å². The second-order valence-electron chi connectivity index (χ2n) is 7.91. The zero-order valence-corrected chi connectivity index (χ0v) is 15.5. The van der Waals surface area contributed by atoms with Gasteiger partial charge in [-0.15, -0.1) is 0 Å². The van der Waals surface area contributed by atoms with Crippen molar-refractivity contribution in [2.45, 2.75) is 58.5 Å². The highest BCUT2D eigenvalue weighted by Crippen LogP contribution is 2.23. The topological polar surface area (TPSA) is 78.7 Å². The molecule has 0 spiro atoms. The molecule has 3 N–H and O–H groups in total. The Bertz CT molecular complexity index is 433. The molecular weight excluding hydrogens is 304 g/mol. The van der Waals surface area contributed by atoms with Gasteiger partial charge in [0.25, 0.3) is 0 Å². The summed E-state index contributed by atoms with van der Waals surface area (Å²) in [5, 5.41) is 3.18. The lowest BCUT2D eigenvalue weighted by Gasteiger charge is -2.36. The van der Waals surface area contributed by atoms with E-state index in [9.17, 15) is 9.59 Å². The normalized spacial score (nSPS) is 27.1. The minimum atomic E-state index is -0.423. The summed E-state index contributed by atoms with van der Waals surface area (Å²) in [6, 6.07) is -0.0821. The van der Waals surface area contributed by atoms with Gasteiger partial charge in [0.2, 0.25) is 11.8 Å². The van der Waals surface area contributed by atoms with Crippen molar-refractivity contribution in [3.63, 3.8) is 0 Å². The summed E-state index contributed by atoms with van der Waals surface area (Å²) in [5.41, 5.74) is 5.95. The van der Waals surface area contributed by atoms with Gasteiger partial charge in [0.15, 0.2) is 0 Å². The van der Waals surface area contributed by atoms with Crippen molar-refractivity contribution < 1.29 is 9.59 Å². The van der Waals surface area contributed by atoms with Crippen LogP contribution in [0.25, 0.3) is 0 Å². The summed E-state index contributed by atoms with van der Waals surface area (Å²) < 4.78 is 0. The Morgan fingerprint density at radius 2 is 1.83 bits per heavy atom. The number of rotatable bonds is 5. The first-order valence-electron chi connectivity index (χ1n) is 9.43. The molecule has 0 bridgehead atoms. The van der Waals surface area contributed by atoms with E-state index in [0.717, 1.165) is 25.9 Å². The predicted molar refractivity (Wildman–Crippen MR) is 95.4 cm³/mol. The smallest absolute Gasteiger partial charge is 0.239 e. The molecule has 1 aliphatic carbocycles. The van der Waals surface area contributed by atoms with E-state index >= 15 is 0 Å². The monoisotopic (exact) mass is 338 g/mol. The summed E-state index contributed by atoms with van der Waals surface area (Å²) in [4.78, 5) is 28.5. The number of nitrogens with two attached hydrogens (primary N) is 1. The average Bonchev–Trinajstić information content (AvgIpc) is 2.54. The Hall–Kier alpha value is -1.14. The Morgan fingerprint density at radius 1 is 1.17 bits per heavy atom. The van der Waals surface area contributed by atoms with E-state index in [1.54, 1.807) is 0 Å². The third-order valence-electron chi connectivity index (χ3n) is 5.36. The number of nitrogens with zero attached hydrogens (tertiary/aromatic N) is 2. The quantitative estimate of drug-likeness (QED) is 0.777. The van der Waals surface area contributed by atoms with Crippen LogP contribution in [0.4, 0.5) is 0 Å². The van der Waals surface area contributed by atoms with Crippen molar-refractivity contribution in [1.82, 2.24) is 15.1 Å². The molecular formula is C18H34N4O2. The van der Waals surface area contributed by atoms with Crippen LogP contribution < -0.4 is 11.1 Å². The molecule has 2 unspecified atom stereocenters. The van der Waals surface area contributed by atoms with Crippen LogP contribution in [0.15, 0.2) is 0 Å². The fraction of sp³-hybridized carbons (Fsp3) is 0.889. The number of carbonyl (C=O) groups is 2. The molecule has 24 heavy (non-hydrogen) atoms. The maximum atomic E-state index is 12.3. The van der Waals surface area contributed by atoms with E-state index in [2.05, 4.69) is 17.1 Å². The first-order valence-corrected chi connectivity index (χ1v) is 9.43. The van der Waals surface area contributed by atoms with Crippen molar-refractivity contribution in [2.24, 2.45) is 17.6 Å². The molecule has 6 heteroatoms. The zero-order valence-electron chi connectivity index (χ0n) is 15.5. The van der Waals surface area contributed by atoms with E-state index in [0.29, 0.717) is 31.6 Å². The SMILES string of the molecule is CC1CCCC(NC(=O)CN2CCN(C(=O)[C@@H](N)C(C)C)CC2)C1. The highest BCUT2D eigenvalue weighted by molar-refractivity contribution is 5.82. The zero-order chi connectivity index (χ0) is 17.7. The summed E-state index contributed by atoms with van der Waals surface area (Å²) in [7, 11) is 0. The number of hydrogen-bond donors (Lipinski definition) is 2. The van der Waals surface area contributed by atoms with Crippen LogP contribution in [0.3, 0.4) is 0 Å². The molecule has 2 amide bonds. The molecule has 0 aromatic carbocycles. The number of carbonyl (C=O) groups excluding carboxylic acids is 2. The Morgan fingerprint density at radius 3 is 2.42 bits per heavy atom. The van der Waals surface area contributed by atoms with Gasteiger partial charge in [-0.05, 0) is 24.7 Å². The second kappa shape index (κ2) is 8.81. The summed E-state index contributed by atoms with van der Waals surface area (Å²) in [5.74, 6) is 1.01. The maximum absolute atomic E-state index is 12.3. The van der Waals surface area contributed by atoms with Crippen LogP contribution in [0.2, 0.25) is 0 Å². The average molecular weight is 338 g/mol. The molecule has 1 saturated carbocycles. The molecule has 138 valence electrons. The fourth-order valence-electron chi connectivity index (χ4n) is 3.66. The van der Waals surface area contributed by atoms with E-state index in [4.69, 9.17) is 5.73 Å². The van der Waals surface area contributed by atoms with Gasteiger partial charge in [-0.3, -0.25) is 14.5 Å². The standard InChI is InChI=1S/C18H34N4O2/c1-13(2)17(19)18(24)22-9-7-21(8-10-22)12-16(23)20-15-6-4-5-14(3)11-15/h13-15,17H,4-12,19H2,1-3H3,(H,20,23)/t14?,15?,17-/m0/s1. The molecule has 2 fully saturated rings. The van der Waals surface area contributed by atoms with Crippen LogP contribution >= 0.6 is 0 Å². The highest BCUT2D eigenvalue weighted by atomic mass is 16.2. The van der Waals surface area contributed by atoms with E-state index in [1.807, 2.05) is 18.7 Å². The fourth-order valence-corrected chi connectivity index (χ4v) is 3.66. The maximum Gasteiger partial charge on any atom is 0.239 e. The molecule has 2 aliphatic rings. The van der Waals surface area contributed by atoms with E-state index < -0.39 is 6.04 Å². The second-order valence-corrected chi connectivity index (χ2v) is 7.91. The third-order valence-corrected chi connectivity index (χ3v) is 5.36. The van der Waals surface area contributed by atoms with Gasteiger partial charge < -0.3 is 16.0 Å². The van der Waals surface area contributed by atoms with Crippen molar-refractivity contribution in [3.05, 3.63) is 0 Å². The number of amides is 2. The lowest BCUT2D eigenvalue weighted by molar-refractivity contribution is -0.135. The highest BCUT2D eigenvalue weighted by Gasteiger charge is 2.28. The number of piperazine rings is 1. The predicted octanol–water partition coefficient (Wildman–Crippen LogP) is 0.809.